The van der Waals surface area contributed by atoms with Crippen molar-refractivity contribution >= 4 is 15.9 Å². The lowest BCUT2D eigenvalue weighted by Gasteiger charge is -2.39. The van der Waals surface area contributed by atoms with E-state index < -0.39 is 0 Å². The van der Waals surface area contributed by atoms with Crippen LogP contribution in [0.15, 0.2) is 28.7 Å². The van der Waals surface area contributed by atoms with Gasteiger partial charge in [0.2, 0.25) is 0 Å². The molecule has 4 heteroatoms. The van der Waals surface area contributed by atoms with Gasteiger partial charge in [0, 0.05) is 36.7 Å². The van der Waals surface area contributed by atoms with Crippen molar-refractivity contribution in [3.05, 3.63) is 34.3 Å². The van der Waals surface area contributed by atoms with Crippen molar-refractivity contribution in [1.82, 2.24) is 9.80 Å². The zero-order chi connectivity index (χ0) is 14.5. The monoisotopic (exact) mass is 340 g/mol. The van der Waals surface area contributed by atoms with Crippen LogP contribution in [0.2, 0.25) is 0 Å². The molecule has 0 radical (unpaired) electrons. The summed E-state index contributed by atoms with van der Waals surface area (Å²) in [6.45, 7) is 6.58. The summed E-state index contributed by atoms with van der Waals surface area (Å²) in [6, 6.07) is 8.62. The fourth-order valence-corrected chi connectivity index (χ4v) is 3.26. The van der Waals surface area contributed by atoms with Gasteiger partial charge in [-0.15, -0.1) is 0 Å². The summed E-state index contributed by atoms with van der Waals surface area (Å²) in [7, 11) is 2.21. The number of hydrogen-bond donors (Lipinski definition) is 1. The number of benzene rings is 1. The predicted octanol–water partition coefficient (Wildman–Crippen LogP) is 2.90. The molecule has 0 amide bonds. The smallest absolute Gasteiger partial charge is 0.0802 e. The summed E-state index contributed by atoms with van der Waals surface area (Å²) in [5, 5.41) is 10.3. The Hall–Kier alpha value is -0.420. The molecule has 1 fully saturated rings. The molecule has 1 aromatic rings. The SMILES string of the molecule is CCC1CN(CCC(O)c2cccc(Br)c2)CCN1C. The minimum Gasteiger partial charge on any atom is -0.388 e. The fourth-order valence-electron chi connectivity index (χ4n) is 2.84. The molecule has 0 saturated carbocycles. The molecule has 1 N–H and O–H groups in total. The third-order valence-electron chi connectivity index (χ3n) is 4.28. The van der Waals surface area contributed by atoms with E-state index in [1.165, 1.54) is 6.42 Å². The van der Waals surface area contributed by atoms with E-state index in [2.05, 4.69) is 39.7 Å². The van der Waals surface area contributed by atoms with Crippen LogP contribution in [0.25, 0.3) is 0 Å². The Labute approximate surface area is 130 Å². The van der Waals surface area contributed by atoms with Crippen LogP contribution in [0.1, 0.15) is 31.4 Å². The third kappa shape index (κ3) is 4.29. The van der Waals surface area contributed by atoms with Crippen LogP contribution in [0.4, 0.5) is 0 Å². The van der Waals surface area contributed by atoms with E-state index in [4.69, 9.17) is 0 Å². The number of nitrogens with zero attached hydrogens (tertiary/aromatic N) is 2. The maximum atomic E-state index is 10.3. The maximum Gasteiger partial charge on any atom is 0.0802 e. The molecule has 112 valence electrons. The van der Waals surface area contributed by atoms with Gasteiger partial charge >= 0.3 is 0 Å². The third-order valence-corrected chi connectivity index (χ3v) is 4.78. The first kappa shape index (κ1) is 16.0. The first-order valence-electron chi connectivity index (χ1n) is 7.46. The fraction of sp³-hybridized carbons (Fsp3) is 0.625. The number of hydrogen-bond acceptors (Lipinski definition) is 3. The molecule has 0 aliphatic carbocycles. The highest BCUT2D eigenvalue weighted by Crippen LogP contribution is 2.21. The quantitative estimate of drug-likeness (QED) is 0.892. The maximum absolute atomic E-state index is 10.3. The Balaban J connectivity index is 1.83. The molecule has 3 nitrogen and oxygen atoms in total. The Kier molecular flexibility index (Phi) is 6.02. The van der Waals surface area contributed by atoms with Crippen LogP contribution in [0, 0.1) is 0 Å². The topological polar surface area (TPSA) is 26.7 Å². The number of aliphatic hydroxyl groups is 1. The lowest BCUT2D eigenvalue weighted by atomic mass is 10.1. The second kappa shape index (κ2) is 7.55. The Morgan fingerprint density at radius 1 is 1.40 bits per heavy atom. The summed E-state index contributed by atoms with van der Waals surface area (Å²) in [5.41, 5.74) is 1.00. The Morgan fingerprint density at radius 2 is 2.20 bits per heavy atom. The normalized spacial score (nSPS) is 22.9. The minimum absolute atomic E-state index is 0.368. The molecule has 0 spiro atoms. The molecule has 1 saturated heterocycles. The summed E-state index contributed by atoms with van der Waals surface area (Å²) in [5.74, 6) is 0. The molecule has 0 bridgehead atoms. The van der Waals surface area contributed by atoms with Crippen molar-refractivity contribution in [2.24, 2.45) is 0 Å². The average molecular weight is 341 g/mol. The highest BCUT2D eigenvalue weighted by atomic mass is 79.9. The zero-order valence-corrected chi connectivity index (χ0v) is 14.0. The highest BCUT2D eigenvalue weighted by Gasteiger charge is 2.23. The largest absolute Gasteiger partial charge is 0.388 e. The van der Waals surface area contributed by atoms with Crippen molar-refractivity contribution in [2.45, 2.75) is 31.9 Å². The minimum atomic E-state index is -0.368. The van der Waals surface area contributed by atoms with Gasteiger partial charge in [-0.3, -0.25) is 0 Å². The average Bonchev–Trinajstić information content (AvgIpc) is 2.46. The Morgan fingerprint density at radius 3 is 2.90 bits per heavy atom. The van der Waals surface area contributed by atoms with Crippen LogP contribution < -0.4 is 0 Å². The van der Waals surface area contributed by atoms with Gasteiger partial charge in [-0.25, -0.2) is 0 Å². The van der Waals surface area contributed by atoms with Gasteiger partial charge in [-0.05, 0) is 37.6 Å². The summed E-state index contributed by atoms with van der Waals surface area (Å²) < 4.78 is 1.03. The van der Waals surface area contributed by atoms with Crippen molar-refractivity contribution in [1.29, 1.82) is 0 Å². The second-order valence-corrected chi connectivity index (χ2v) is 6.62. The van der Waals surface area contributed by atoms with Gasteiger partial charge in [0.25, 0.3) is 0 Å². The molecule has 20 heavy (non-hydrogen) atoms. The van der Waals surface area contributed by atoms with E-state index in [0.717, 1.165) is 42.6 Å². The van der Waals surface area contributed by atoms with Crippen LogP contribution in [-0.2, 0) is 0 Å². The van der Waals surface area contributed by atoms with E-state index in [0.29, 0.717) is 6.04 Å². The molecule has 1 aliphatic rings. The van der Waals surface area contributed by atoms with Crippen molar-refractivity contribution in [2.75, 3.05) is 33.2 Å². The molecule has 1 heterocycles. The van der Waals surface area contributed by atoms with Crippen LogP contribution in [0.5, 0.6) is 0 Å². The molecule has 2 unspecified atom stereocenters. The van der Waals surface area contributed by atoms with Gasteiger partial charge in [-0.1, -0.05) is 35.0 Å². The highest BCUT2D eigenvalue weighted by molar-refractivity contribution is 9.10. The van der Waals surface area contributed by atoms with Gasteiger partial charge in [0.05, 0.1) is 6.10 Å². The van der Waals surface area contributed by atoms with E-state index in [1.54, 1.807) is 0 Å². The van der Waals surface area contributed by atoms with Crippen molar-refractivity contribution < 1.29 is 5.11 Å². The van der Waals surface area contributed by atoms with Gasteiger partial charge < -0.3 is 14.9 Å². The summed E-state index contributed by atoms with van der Waals surface area (Å²) in [6.07, 6.45) is 1.63. The van der Waals surface area contributed by atoms with Gasteiger partial charge in [0.15, 0.2) is 0 Å². The molecule has 1 aromatic carbocycles. The molecule has 0 aromatic heterocycles. The first-order valence-corrected chi connectivity index (χ1v) is 8.25. The standard InChI is InChI=1S/C16H25BrN2O/c1-3-15-12-19(10-9-18(15)2)8-7-16(20)13-5-4-6-14(17)11-13/h4-6,11,15-16,20H,3,7-10,12H2,1-2H3. The molecule has 2 rings (SSSR count). The van der Waals surface area contributed by atoms with Gasteiger partial charge in [-0.2, -0.15) is 0 Å². The number of halogens is 1. The van der Waals surface area contributed by atoms with E-state index in [1.807, 2.05) is 24.3 Å². The number of likely N-dealkylation sites (N-methyl/N-ethyl adjacent to an activating group) is 1. The number of aliphatic hydroxyl groups excluding tert-OH is 1. The van der Waals surface area contributed by atoms with Crippen LogP contribution >= 0.6 is 15.9 Å². The molecule has 1 aliphatic heterocycles. The summed E-state index contributed by atoms with van der Waals surface area (Å²) in [4.78, 5) is 4.93. The molecule has 2 atom stereocenters. The molecular formula is C16H25BrN2O. The molecular weight excluding hydrogens is 316 g/mol. The van der Waals surface area contributed by atoms with Crippen LogP contribution in [0.3, 0.4) is 0 Å². The van der Waals surface area contributed by atoms with Crippen molar-refractivity contribution in [3.8, 4) is 0 Å². The zero-order valence-electron chi connectivity index (χ0n) is 12.4. The summed E-state index contributed by atoms with van der Waals surface area (Å²) >= 11 is 3.45. The second-order valence-electron chi connectivity index (χ2n) is 5.70. The predicted molar refractivity (Wildman–Crippen MR) is 86.9 cm³/mol. The van der Waals surface area contributed by atoms with E-state index in [-0.39, 0.29) is 6.10 Å². The van der Waals surface area contributed by atoms with Crippen LogP contribution in [-0.4, -0.2) is 54.2 Å². The number of rotatable bonds is 5. The van der Waals surface area contributed by atoms with E-state index in [9.17, 15) is 5.11 Å². The lowest BCUT2D eigenvalue weighted by Crippen LogP contribution is -2.51. The first-order chi connectivity index (χ1) is 9.60. The number of piperazine rings is 1. The van der Waals surface area contributed by atoms with Gasteiger partial charge in [0.1, 0.15) is 0 Å². The lowest BCUT2D eigenvalue weighted by molar-refractivity contribution is 0.0754. The Bertz CT molecular complexity index is 427. The van der Waals surface area contributed by atoms with E-state index >= 15 is 0 Å². The van der Waals surface area contributed by atoms with Crippen molar-refractivity contribution in [3.63, 3.8) is 0 Å².